The number of halogens is 1. The average Bonchev–Trinajstić information content (AvgIpc) is 2.50. The van der Waals surface area contributed by atoms with Gasteiger partial charge in [-0.15, -0.1) is 0 Å². The molecule has 1 aliphatic heterocycles. The second-order valence-electron chi connectivity index (χ2n) is 5.80. The largest absolute Gasteiger partial charge is 0.366 e. The first kappa shape index (κ1) is 14.8. The summed E-state index contributed by atoms with van der Waals surface area (Å²) in [4.78, 5) is 4.88. The van der Waals surface area contributed by atoms with E-state index in [2.05, 4.69) is 64.8 Å². The van der Waals surface area contributed by atoms with Gasteiger partial charge in [-0.1, -0.05) is 22.9 Å². The van der Waals surface area contributed by atoms with Gasteiger partial charge < -0.3 is 15.5 Å². The summed E-state index contributed by atoms with van der Waals surface area (Å²) in [5, 5.41) is 0. The Bertz CT molecular complexity index is 435. The van der Waals surface area contributed by atoms with Crippen molar-refractivity contribution in [1.29, 1.82) is 0 Å². The van der Waals surface area contributed by atoms with Crippen molar-refractivity contribution in [2.45, 2.75) is 19.9 Å². The maximum atomic E-state index is 6.00. The molecule has 1 fully saturated rings. The van der Waals surface area contributed by atoms with Crippen molar-refractivity contribution in [2.75, 3.05) is 38.1 Å². The standard InChI is InChI=1S/C15H24BrN3/c1-11-8-18(3)10-14(7-17)19(9-11)13-4-5-15(16)12(2)6-13/h4-6,11,14H,7-10,17H2,1-3H3. The van der Waals surface area contributed by atoms with E-state index in [1.54, 1.807) is 0 Å². The summed E-state index contributed by atoms with van der Waals surface area (Å²) in [7, 11) is 2.19. The summed E-state index contributed by atoms with van der Waals surface area (Å²) in [6.45, 7) is 8.41. The lowest BCUT2D eigenvalue weighted by molar-refractivity contribution is 0.304. The van der Waals surface area contributed by atoms with Gasteiger partial charge in [0.1, 0.15) is 0 Å². The summed E-state index contributed by atoms with van der Waals surface area (Å²) in [6, 6.07) is 6.98. The summed E-state index contributed by atoms with van der Waals surface area (Å²) < 4.78 is 1.17. The van der Waals surface area contributed by atoms with Gasteiger partial charge in [0.05, 0.1) is 6.04 Å². The van der Waals surface area contributed by atoms with Crippen LogP contribution in [-0.4, -0.2) is 44.2 Å². The Morgan fingerprint density at radius 1 is 1.32 bits per heavy atom. The molecule has 2 rings (SSSR count). The first-order valence-electron chi connectivity index (χ1n) is 6.92. The van der Waals surface area contributed by atoms with E-state index in [4.69, 9.17) is 5.73 Å². The van der Waals surface area contributed by atoms with Gasteiger partial charge in [0.2, 0.25) is 0 Å². The third-order valence-electron chi connectivity index (χ3n) is 3.84. The smallest absolute Gasteiger partial charge is 0.0539 e. The van der Waals surface area contributed by atoms with Crippen LogP contribution in [0.25, 0.3) is 0 Å². The fourth-order valence-electron chi connectivity index (χ4n) is 2.93. The molecule has 2 unspecified atom stereocenters. The highest BCUT2D eigenvalue weighted by Gasteiger charge is 2.26. The van der Waals surface area contributed by atoms with Gasteiger partial charge in [-0.05, 0) is 43.7 Å². The van der Waals surface area contributed by atoms with Gasteiger partial charge >= 0.3 is 0 Å². The molecule has 1 aromatic carbocycles. The molecule has 0 aromatic heterocycles. The number of nitrogens with two attached hydrogens (primary N) is 1. The number of nitrogens with zero attached hydrogens (tertiary/aromatic N) is 2. The molecule has 2 N–H and O–H groups in total. The fourth-order valence-corrected chi connectivity index (χ4v) is 3.18. The maximum absolute atomic E-state index is 6.00. The van der Waals surface area contributed by atoms with Crippen molar-refractivity contribution in [3.63, 3.8) is 0 Å². The summed E-state index contributed by atoms with van der Waals surface area (Å²) >= 11 is 3.57. The second kappa shape index (κ2) is 6.25. The van der Waals surface area contributed by atoms with E-state index < -0.39 is 0 Å². The average molecular weight is 326 g/mol. The Hall–Kier alpha value is -0.580. The molecule has 1 heterocycles. The zero-order chi connectivity index (χ0) is 14.0. The normalized spacial score (nSPS) is 25.4. The summed E-state index contributed by atoms with van der Waals surface area (Å²) in [6.07, 6.45) is 0. The van der Waals surface area contributed by atoms with Crippen LogP contribution in [0.5, 0.6) is 0 Å². The Labute approximate surface area is 124 Å². The third-order valence-corrected chi connectivity index (χ3v) is 4.73. The molecule has 0 spiro atoms. The van der Waals surface area contributed by atoms with Crippen molar-refractivity contribution in [3.05, 3.63) is 28.2 Å². The van der Waals surface area contributed by atoms with Gasteiger partial charge in [-0.25, -0.2) is 0 Å². The zero-order valence-electron chi connectivity index (χ0n) is 12.1. The van der Waals surface area contributed by atoms with Crippen LogP contribution in [0.3, 0.4) is 0 Å². The quantitative estimate of drug-likeness (QED) is 0.906. The minimum absolute atomic E-state index is 0.399. The predicted molar refractivity (Wildman–Crippen MR) is 85.7 cm³/mol. The number of aryl methyl sites for hydroxylation is 1. The van der Waals surface area contributed by atoms with Crippen molar-refractivity contribution in [1.82, 2.24) is 4.90 Å². The summed E-state index contributed by atoms with van der Waals surface area (Å²) in [5.41, 5.74) is 8.56. The molecule has 1 aromatic rings. The molecule has 3 nitrogen and oxygen atoms in total. The molecule has 1 saturated heterocycles. The monoisotopic (exact) mass is 325 g/mol. The van der Waals surface area contributed by atoms with Crippen molar-refractivity contribution in [2.24, 2.45) is 11.7 Å². The molecule has 2 atom stereocenters. The van der Waals surface area contributed by atoms with Gasteiger partial charge in [-0.3, -0.25) is 0 Å². The molecule has 0 radical (unpaired) electrons. The minimum atomic E-state index is 0.399. The predicted octanol–water partition coefficient (Wildman–Crippen LogP) is 2.47. The van der Waals surface area contributed by atoms with E-state index >= 15 is 0 Å². The minimum Gasteiger partial charge on any atom is -0.366 e. The van der Waals surface area contributed by atoms with E-state index in [-0.39, 0.29) is 0 Å². The Balaban J connectivity index is 2.30. The van der Waals surface area contributed by atoms with Crippen molar-refractivity contribution < 1.29 is 0 Å². The van der Waals surface area contributed by atoms with Gasteiger partial charge in [0.15, 0.2) is 0 Å². The number of anilines is 1. The highest BCUT2D eigenvalue weighted by atomic mass is 79.9. The molecule has 0 aliphatic carbocycles. The summed E-state index contributed by atoms with van der Waals surface area (Å²) in [5.74, 6) is 0.658. The molecular weight excluding hydrogens is 302 g/mol. The van der Waals surface area contributed by atoms with E-state index in [0.717, 1.165) is 19.6 Å². The molecule has 0 bridgehead atoms. The van der Waals surface area contributed by atoms with Crippen molar-refractivity contribution in [3.8, 4) is 0 Å². The molecule has 1 aliphatic rings. The van der Waals surface area contributed by atoms with Crippen LogP contribution in [0.15, 0.2) is 22.7 Å². The lowest BCUT2D eigenvalue weighted by atomic mass is 10.1. The van der Waals surface area contributed by atoms with Crippen LogP contribution in [0, 0.1) is 12.8 Å². The van der Waals surface area contributed by atoms with E-state index in [0.29, 0.717) is 18.5 Å². The van der Waals surface area contributed by atoms with Crippen LogP contribution in [0.2, 0.25) is 0 Å². The molecule has 19 heavy (non-hydrogen) atoms. The maximum Gasteiger partial charge on any atom is 0.0539 e. The number of likely N-dealkylation sites (N-methyl/N-ethyl adjacent to an activating group) is 1. The highest BCUT2D eigenvalue weighted by molar-refractivity contribution is 9.10. The van der Waals surface area contributed by atoms with Gasteiger partial charge in [0, 0.05) is 36.3 Å². The van der Waals surface area contributed by atoms with Gasteiger partial charge in [-0.2, -0.15) is 0 Å². The van der Waals surface area contributed by atoms with Crippen LogP contribution < -0.4 is 10.6 Å². The number of hydrogen-bond donors (Lipinski definition) is 1. The first-order valence-corrected chi connectivity index (χ1v) is 7.72. The molecule has 0 saturated carbocycles. The van der Waals surface area contributed by atoms with Gasteiger partial charge in [0.25, 0.3) is 0 Å². The van der Waals surface area contributed by atoms with Crippen LogP contribution in [0.1, 0.15) is 12.5 Å². The number of rotatable bonds is 2. The molecular formula is C15H24BrN3. The van der Waals surface area contributed by atoms with E-state index in [9.17, 15) is 0 Å². The molecule has 4 heteroatoms. The van der Waals surface area contributed by atoms with E-state index in [1.807, 2.05) is 0 Å². The molecule has 106 valence electrons. The number of benzene rings is 1. The van der Waals surface area contributed by atoms with Crippen molar-refractivity contribution >= 4 is 21.6 Å². The van der Waals surface area contributed by atoms with E-state index in [1.165, 1.54) is 15.7 Å². The first-order chi connectivity index (χ1) is 9.01. The Kier molecular flexibility index (Phi) is 4.87. The Morgan fingerprint density at radius 2 is 2.05 bits per heavy atom. The SMILES string of the molecule is Cc1cc(N2CC(C)CN(C)CC2CN)ccc1Br. The lowest BCUT2D eigenvalue weighted by Gasteiger charge is -2.33. The molecule has 0 amide bonds. The number of hydrogen-bond acceptors (Lipinski definition) is 3. The lowest BCUT2D eigenvalue weighted by Crippen LogP contribution is -2.45. The third kappa shape index (κ3) is 3.50. The fraction of sp³-hybridized carbons (Fsp3) is 0.600. The zero-order valence-corrected chi connectivity index (χ0v) is 13.7. The van der Waals surface area contributed by atoms with Crippen LogP contribution in [-0.2, 0) is 0 Å². The topological polar surface area (TPSA) is 32.5 Å². The van der Waals surface area contributed by atoms with Crippen LogP contribution >= 0.6 is 15.9 Å². The second-order valence-corrected chi connectivity index (χ2v) is 6.66. The highest BCUT2D eigenvalue weighted by Crippen LogP contribution is 2.26. The van der Waals surface area contributed by atoms with Crippen LogP contribution in [0.4, 0.5) is 5.69 Å². The Morgan fingerprint density at radius 3 is 2.68 bits per heavy atom.